The highest BCUT2D eigenvalue weighted by molar-refractivity contribution is 7.99. The second kappa shape index (κ2) is 8.24. The van der Waals surface area contributed by atoms with E-state index >= 15 is 0 Å². The van der Waals surface area contributed by atoms with Gasteiger partial charge in [0, 0.05) is 23.4 Å². The van der Waals surface area contributed by atoms with Crippen molar-refractivity contribution in [1.82, 2.24) is 5.32 Å². The summed E-state index contributed by atoms with van der Waals surface area (Å²) in [5.74, 6) is 1.10. The predicted molar refractivity (Wildman–Crippen MR) is 83.2 cm³/mol. The standard InChI is InChI=1S/C16H24N2S/c1-16(2,3)18-13-14-7-9-15(10-8-14)19-12-6-4-5-11-17/h7-10,18H,4-6,12-13H2,1-3H3. The first-order chi connectivity index (χ1) is 9.01. The van der Waals surface area contributed by atoms with Crippen molar-refractivity contribution in [2.24, 2.45) is 0 Å². The molecule has 0 heterocycles. The summed E-state index contributed by atoms with van der Waals surface area (Å²) >= 11 is 1.87. The fourth-order valence-electron chi connectivity index (χ4n) is 1.57. The first-order valence-electron chi connectivity index (χ1n) is 6.85. The maximum atomic E-state index is 8.46. The number of unbranched alkanes of at least 4 members (excludes halogenated alkanes) is 2. The highest BCUT2D eigenvalue weighted by Gasteiger charge is 2.07. The van der Waals surface area contributed by atoms with Crippen molar-refractivity contribution in [2.45, 2.75) is 57.0 Å². The average molecular weight is 276 g/mol. The molecule has 0 saturated heterocycles. The third-order valence-electron chi connectivity index (χ3n) is 2.70. The molecule has 0 atom stereocenters. The Balaban J connectivity index is 2.29. The molecular weight excluding hydrogens is 252 g/mol. The number of benzene rings is 1. The number of hydrogen-bond acceptors (Lipinski definition) is 3. The van der Waals surface area contributed by atoms with Gasteiger partial charge >= 0.3 is 0 Å². The predicted octanol–water partition coefficient (Wildman–Crippen LogP) is 4.36. The van der Waals surface area contributed by atoms with Crippen LogP contribution >= 0.6 is 11.8 Å². The summed E-state index contributed by atoms with van der Waals surface area (Å²) < 4.78 is 0. The van der Waals surface area contributed by atoms with E-state index in [2.05, 4.69) is 56.4 Å². The minimum absolute atomic E-state index is 0.161. The fraction of sp³-hybridized carbons (Fsp3) is 0.562. The van der Waals surface area contributed by atoms with Crippen molar-refractivity contribution in [2.75, 3.05) is 5.75 Å². The molecule has 104 valence electrons. The van der Waals surface area contributed by atoms with Gasteiger partial charge in [-0.15, -0.1) is 11.8 Å². The fourth-order valence-corrected chi connectivity index (χ4v) is 2.48. The largest absolute Gasteiger partial charge is 0.308 e. The van der Waals surface area contributed by atoms with Crippen molar-refractivity contribution >= 4 is 11.8 Å². The first kappa shape index (κ1) is 16.1. The molecule has 0 amide bonds. The minimum atomic E-state index is 0.161. The lowest BCUT2D eigenvalue weighted by atomic mass is 10.1. The first-order valence-corrected chi connectivity index (χ1v) is 7.83. The maximum absolute atomic E-state index is 8.46. The van der Waals surface area contributed by atoms with Gasteiger partial charge in [0.2, 0.25) is 0 Å². The Morgan fingerprint density at radius 3 is 2.42 bits per heavy atom. The number of nitrogens with zero attached hydrogens (tertiary/aromatic N) is 1. The Morgan fingerprint density at radius 1 is 1.16 bits per heavy atom. The minimum Gasteiger partial charge on any atom is -0.308 e. The van der Waals surface area contributed by atoms with Crippen LogP contribution in [0, 0.1) is 11.3 Å². The summed E-state index contributed by atoms with van der Waals surface area (Å²) in [6.07, 6.45) is 2.81. The zero-order valence-electron chi connectivity index (χ0n) is 12.2. The van der Waals surface area contributed by atoms with Crippen molar-refractivity contribution in [3.8, 4) is 6.07 Å². The summed E-state index contributed by atoms with van der Waals surface area (Å²) in [5.41, 5.74) is 1.48. The molecule has 0 unspecified atom stereocenters. The monoisotopic (exact) mass is 276 g/mol. The summed E-state index contributed by atoms with van der Waals surface area (Å²) in [6, 6.07) is 10.9. The van der Waals surface area contributed by atoms with Crippen LogP contribution in [0.15, 0.2) is 29.2 Å². The molecule has 0 aromatic heterocycles. The molecule has 0 radical (unpaired) electrons. The molecule has 0 spiro atoms. The Hall–Kier alpha value is -0.980. The van der Waals surface area contributed by atoms with Gasteiger partial charge in [-0.25, -0.2) is 0 Å². The van der Waals surface area contributed by atoms with Gasteiger partial charge in [0.1, 0.15) is 0 Å². The molecule has 0 aliphatic carbocycles. The van der Waals surface area contributed by atoms with E-state index in [1.54, 1.807) is 0 Å². The van der Waals surface area contributed by atoms with Gasteiger partial charge in [0.05, 0.1) is 6.07 Å². The molecule has 1 aromatic carbocycles. The second-order valence-electron chi connectivity index (χ2n) is 5.71. The van der Waals surface area contributed by atoms with Crippen LogP contribution < -0.4 is 5.32 Å². The van der Waals surface area contributed by atoms with Gasteiger partial charge in [0.25, 0.3) is 0 Å². The highest BCUT2D eigenvalue weighted by Crippen LogP contribution is 2.20. The Morgan fingerprint density at radius 2 is 1.84 bits per heavy atom. The Labute approximate surface area is 121 Å². The van der Waals surface area contributed by atoms with Crippen molar-refractivity contribution in [1.29, 1.82) is 5.26 Å². The molecule has 1 aromatic rings. The van der Waals surface area contributed by atoms with E-state index in [9.17, 15) is 0 Å². The van der Waals surface area contributed by atoms with Crippen LogP contribution in [0.25, 0.3) is 0 Å². The molecular formula is C16H24N2S. The molecule has 0 fully saturated rings. The number of hydrogen-bond donors (Lipinski definition) is 1. The van der Waals surface area contributed by atoms with Crippen LogP contribution in [-0.4, -0.2) is 11.3 Å². The van der Waals surface area contributed by atoms with Crippen molar-refractivity contribution < 1.29 is 0 Å². The van der Waals surface area contributed by atoms with Gasteiger partial charge in [-0.1, -0.05) is 12.1 Å². The Kier molecular flexibility index (Phi) is 6.97. The molecule has 1 rings (SSSR count). The lowest BCUT2D eigenvalue weighted by Gasteiger charge is -2.20. The summed E-state index contributed by atoms with van der Waals surface area (Å²) in [6.45, 7) is 7.45. The van der Waals surface area contributed by atoms with Gasteiger partial charge < -0.3 is 5.32 Å². The van der Waals surface area contributed by atoms with Crippen LogP contribution in [0.2, 0.25) is 0 Å². The van der Waals surface area contributed by atoms with Crippen molar-refractivity contribution in [3.05, 3.63) is 29.8 Å². The molecule has 0 bridgehead atoms. The van der Waals surface area contributed by atoms with Crippen LogP contribution in [0.3, 0.4) is 0 Å². The third-order valence-corrected chi connectivity index (χ3v) is 3.80. The molecule has 3 heteroatoms. The van der Waals surface area contributed by atoms with Gasteiger partial charge in [-0.3, -0.25) is 0 Å². The molecule has 1 N–H and O–H groups in total. The molecule has 0 saturated carbocycles. The van der Waals surface area contributed by atoms with Gasteiger partial charge in [-0.05, 0) is 57.1 Å². The maximum Gasteiger partial charge on any atom is 0.0621 e. The SMILES string of the molecule is CC(C)(C)NCc1ccc(SCCCCC#N)cc1. The van der Waals surface area contributed by atoms with Crippen LogP contribution in [-0.2, 0) is 6.54 Å². The number of thioether (sulfide) groups is 1. The zero-order chi connectivity index (χ0) is 14.1. The Bertz CT molecular complexity index is 398. The van der Waals surface area contributed by atoms with E-state index in [1.165, 1.54) is 10.5 Å². The molecule has 2 nitrogen and oxygen atoms in total. The van der Waals surface area contributed by atoms with E-state index in [0.717, 1.165) is 25.1 Å². The van der Waals surface area contributed by atoms with Crippen LogP contribution in [0.5, 0.6) is 0 Å². The number of nitriles is 1. The topological polar surface area (TPSA) is 35.8 Å². The van der Waals surface area contributed by atoms with E-state index in [1.807, 2.05) is 11.8 Å². The third kappa shape index (κ3) is 7.92. The van der Waals surface area contributed by atoms with E-state index in [4.69, 9.17) is 5.26 Å². The quantitative estimate of drug-likeness (QED) is 0.593. The molecule has 0 aliphatic heterocycles. The average Bonchev–Trinajstić information content (AvgIpc) is 2.37. The van der Waals surface area contributed by atoms with Crippen LogP contribution in [0.1, 0.15) is 45.6 Å². The van der Waals surface area contributed by atoms with Crippen LogP contribution in [0.4, 0.5) is 0 Å². The van der Waals surface area contributed by atoms with Crippen molar-refractivity contribution in [3.63, 3.8) is 0 Å². The van der Waals surface area contributed by atoms with Gasteiger partial charge in [-0.2, -0.15) is 5.26 Å². The smallest absolute Gasteiger partial charge is 0.0621 e. The normalized spacial score (nSPS) is 11.3. The molecule has 0 aliphatic rings. The lowest BCUT2D eigenvalue weighted by Crippen LogP contribution is -2.35. The summed E-state index contributed by atoms with van der Waals surface area (Å²) in [5, 5.41) is 11.9. The van der Waals surface area contributed by atoms with Gasteiger partial charge in [0.15, 0.2) is 0 Å². The number of rotatable bonds is 7. The van der Waals surface area contributed by atoms with E-state index < -0.39 is 0 Å². The lowest BCUT2D eigenvalue weighted by molar-refractivity contribution is 0.424. The van der Waals surface area contributed by atoms with E-state index in [0.29, 0.717) is 6.42 Å². The second-order valence-corrected chi connectivity index (χ2v) is 6.88. The number of nitrogens with one attached hydrogen (secondary N) is 1. The van der Waals surface area contributed by atoms with E-state index in [-0.39, 0.29) is 5.54 Å². The summed E-state index contributed by atoms with van der Waals surface area (Å²) in [4.78, 5) is 1.32. The highest BCUT2D eigenvalue weighted by atomic mass is 32.2. The summed E-state index contributed by atoms with van der Waals surface area (Å²) in [7, 11) is 0. The molecule has 19 heavy (non-hydrogen) atoms. The zero-order valence-corrected chi connectivity index (χ0v) is 13.0.